The molecule has 4 aromatic rings. The molecule has 1 aromatic carbocycles. The van der Waals surface area contributed by atoms with Gasteiger partial charge in [0.05, 0.1) is 5.52 Å². The highest BCUT2D eigenvalue weighted by atomic mass is 19.1. The van der Waals surface area contributed by atoms with Crippen LogP contribution in [0.2, 0.25) is 0 Å². The number of pyridine rings is 1. The zero-order chi connectivity index (χ0) is 19.8. The van der Waals surface area contributed by atoms with Crippen molar-refractivity contribution in [2.45, 2.75) is 31.7 Å². The Bertz CT molecular complexity index is 1160. The second-order valence-electron chi connectivity index (χ2n) is 7.22. The van der Waals surface area contributed by atoms with Gasteiger partial charge < -0.3 is 11.1 Å². The molecule has 0 atom stereocenters. The average molecular weight is 389 g/mol. The Balaban J connectivity index is 1.65. The molecule has 5 rings (SSSR count). The largest absolute Gasteiger partial charge is 0.384 e. The average Bonchev–Trinajstić information content (AvgIpc) is 3.36. The zero-order valence-electron chi connectivity index (χ0n) is 15.7. The number of rotatable bonds is 4. The Labute approximate surface area is 166 Å². The molecule has 146 valence electrons. The van der Waals surface area contributed by atoms with Crippen LogP contribution in [0.15, 0.2) is 48.7 Å². The molecule has 7 nitrogen and oxygen atoms in total. The second kappa shape index (κ2) is 7.12. The van der Waals surface area contributed by atoms with Crippen molar-refractivity contribution in [3.05, 3.63) is 54.5 Å². The molecule has 3 aromatic heterocycles. The summed E-state index contributed by atoms with van der Waals surface area (Å²) >= 11 is 0. The minimum Gasteiger partial charge on any atom is -0.384 e. The summed E-state index contributed by atoms with van der Waals surface area (Å²) in [7, 11) is 0. The molecule has 3 N–H and O–H groups in total. The summed E-state index contributed by atoms with van der Waals surface area (Å²) in [6, 6.07) is 12.0. The highest BCUT2D eigenvalue weighted by Gasteiger charge is 2.19. The molecule has 1 fully saturated rings. The molecule has 8 heteroatoms. The zero-order valence-corrected chi connectivity index (χ0v) is 15.7. The van der Waals surface area contributed by atoms with E-state index in [2.05, 4.69) is 20.3 Å². The molecule has 0 radical (unpaired) electrons. The number of fused-ring (bicyclic) bond motifs is 1. The summed E-state index contributed by atoms with van der Waals surface area (Å²) in [6.45, 7) is 0. The van der Waals surface area contributed by atoms with Crippen molar-refractivity contribution < 1.29 is 4.39 Å². The number of nitrogens with two attached hydrogens (primary N) is 1. The van der Waals surface area contributed by atoms with Crippen molar-refractivity contribution >= 4 is 22.9 Å². The van der Waals surface area contributed by atoms with Crippen LogP contribution in [0.3, 0.4) is 0 Å². The van der Waals surface area contributed by atoms with Gasteiger partial charge in [-0.05, 0) is 55.3 Å². The van der Waals surface area contributed by atoms with Crippen LogP contribution < -0.4 is 11.1 Å². The number of halogens is 1. The molecule has 1 aliphatic rings. The third kappa shape index (κ3) is 3.37. The van der Waals surface area contributed by atoms with Crippen LogP contribution in [0.4, 0.5) is 16.2 Å². The monoisotopic (exact) mass is 389 g/mol. The van der Waals surface area contributed by atoms with Crippen molar-refractivity contribution in [3.8, 4) is 17.2 Å². The number of nitrogens with one attached hydrogen (secondary N) is 1. The smallest absolute Gasteiger partial charge is 0.224 e. The SMILES string of the molecule is Nc1ccc2c(n1)nc(-c1ccc(F)cc1)n2-c1ccnc(NC2CCCC2)n1. The van der Waals surface area contributed by atoms with Crippen molar-refractivity contribution in [1.82, 2.24) is 24.5 Å². The minimum atomic E-state index is -0.302. The van der Waals surface area contributed by atoms with Gasteiger partial charge in [0.2, 0.25) is 5.95 Å². The van der Waals surface area contributed by atoms with E-state index in [0.717, 1.165) is 23.9 Å². The summed E-state index contributed by atoms with van der Waals surface area (Å²) in [5.74, 6) is 1.95. The van der Waals surface area contributed by atoms with Crippen LogP contribution in [0.5, 0.6) is 0 Å². The van der Waals surface area contributed by atoms with E-state index in [1.54, 1.807) is 24.4 Å². The van der Waals surface area contributed by atoms with Crippen LogP contribution in [-0.4, -0.2) is 30.5 Å². The van der Waals surface area contributed by atoms with Gasteiger partial charge in [0, 0.05) is 17.8 Å². The Morgan fingerprint density at radius 2 is 1.76 bits per heavy atom. The maximum atomic E-state index is 13.4. The lowest BCUT2D eigenvalue weighted by atomic mass is 10.2. The molecule has 1 saturated carbocycles. The lowest BCUT2D eigenvalue weighted by Gasteiger charge is -2.13. The van der Waals surface area contributed by atoms with E-state index in [1.165, 1.54) is 25.0 Å². The van der Waals surface area contributed by atoms with Gasteiger partial charge in [-0.2, -0.15) is 4.98 Å². The summed E-state index contributed by atoms with van der Waals surface area (Å²) < 4.78 is 15.3. The molecule has 0 unspecified atom stereocenters. The minimum absolute atomic E-state index is 0.302. The van der Waals surface area contributed by atoms with Crippen LogP contribution in [-0.2, 0) is 0 Å². The second-order valence-corrected chi connectivity index (χ2v) is 7.22. The quantitative estimate of drug-likeness (QED) is 0.549. The molecule has 3 heterocycles. The highest BCUT2D eigenvalue weighted by Crippen LogP contribution is 2.28. The molecular weight excluding hydrogens is 369 g/mol. The molecule has 0 saturated heterocycles. The highest BCUT2D eigenvalue weighted by molar-refractivity contribution is 5.81. The van der Waals surface area contributed by atoms with E-state index in [9.17, 15) is 4.39 Å². The maximum absolute atomic E-state index is 13.4. The lowest BCUT2D eigenvalue weighted by molar-refractivity contribution is 0.628. The Hall–Kier alpha value is -3.55. The Morgan fingerprint density at radius 1 is 0.966 bits per heavy atom. The summed E-state index contributed by atoms with van der Waals surface area (Å²) in [5.41, 5.74) is 7.88. The summed E-state index contributed by atoms with van der Waals surface area (Å²) in [6.07, 6.45) is 6.44. The number of nitrogens with zero attached hydrogens (tertiary/aromatic N) is 5. The van der Waals surface area contributed by atoms with E-state index in [4.69, 9.17) is 10.7 Å². The number of anilines is 2. The fourth-order valence-corrected chi connectivity index (χ4v) is 3.80. The molecule has 0 spiro atoms. The molecule has 0 bridgehead atoms. The van der Waals surface area contributed by atoms with Gasteiger partial charge >= 0.3 is 0 Å². The Morgan fingerprint density at radius 3 is 2.55 bits per heavy atom. The maximum Gasteiger partial charge on any atom is 0.224 e. The number of nitrogen functional groups attached to an aromatic ring is 1. The van der Waals surface area contributed by atoms with Crippen LogP contribution in [0.1, 0.15) is 25.7 Å². The first-order valence-electron chi connectivity index (χ1n) is 9.68. The number of aromatic nitrogens is 5. The molecule has 29 heavy (non-hydrogen) atoms. The number of imidazole rings is 1. The van der Waals surface area contributed by atoms with Gasteiger partial charge in [0.15, 0.2) is 5.65 Å². The van der Waals surface area contributed by atoms with E-state index in [1.807, 2.05) is 16.7 Å². The van der Waals surface area contributed by atoms with Crippen molar-refractivity contribution in [2.75, 3.05) is 11.1 Å². The van der Waals surface area contributed by atoms with Crippen molar-refractivity contribution in [1.29, 1.82) is 0 Å². The third-order valence-electron chi connectivity index (χ3n) is 5.20. The van der Waals surface area contributed by atoms with E-state index in [-0.39, 0.29) is 5.82 Å². The first kappa shape index (κ1) is 17.5. The number of hydrogen-bond acceptors (Lipinski definition) is 6. The summed E-state index contributed by atoms with van der Waals surface area (Å²) in [4.78, 5) is 18.1. The fourth-order valence-electron chi connectivity index (χ4n) is 3.80. The van der Waals surface area contributed by atoms with Gasteiger partial charge in [-0.25, -0.2) is 19.3 Å². The Kier molecular flexibility index (Phi) is 4.31. The van der Waals surface area contributed by atoms with E-state index in [0.29, 0.717) is 35.1 Å². The van der Waals surface area contributed by atoms with E-state index < -0.39 is 0 Å². The standard InChI is InChI=1S/C21H20FN7/c22-14-7-5-13(6-8-14)20-28-19-16(9-10-17(23)26-19)29(20)18-11-12-24-21(27-18)25-15-3-1-2-4-15/h5-12,15H,1-4H2,(H2,23,26)(H,24,25,27). The predicted octanol–water partition coefficient (Wildman–Crippen LogP) is 3.95. The first-order chi connectivity index (χ1) is 14.2. The van der Waals surface area contributed by atoms with Gasteiger partial charge in [-0.15, -0.1) is 0 Å². The number of benzene rings is 1. The van der Waals surface area contributed by atoms with Gasteiger partial charge in [0.1, 0.15) is 23.3 Å². The van der Waals surface area contributed by atoms with Crippen LogP contribution >= 0.6 is 0 Å². The van der Waals surface area contributed by atoms with Crippen LogP contribution in [0.25, 0.3) is 28.4 Å². The molecule has 1 aliphatic carbocycles. The van der Waals surface area contributed by atoms with Gasteiger partial charge in [-0.3, -0.25) is 4.57 Å². The van der Waals surface area contributed by atoms with Gasteiger partial charge in [-0.1, -0.05) is 12.8 Å². The van der Waals surface area contributed by atoms with Crippen molar-refractivity contribution in [3.63, 3.8) is 0 Å². The molecule has 0 amide bonds. The predicted molar refractivity (Wildman–Crippen MR) is 110 cm³/mol. The molecular formula is C21H20FN7. The normalized spacial score (nSPS) is 14.5. The van der Waals surface area contributed by atoms with Crippen molar-refractivity contribution in [2.24, 2.45) is 0 Å². The first-order valence-corrected chi connectivity index (χ1v) is 9.68. The van der Waals surface area contributed by atoms with Crippen LogP contribution in [0, 0.1) is 5.82 Å². The van der Waals surface area contributed by atoms with E-state index >= 15 is 0 Å². The lowest BCUT2D eigenvalue weighted by Crippen LogP contribution is -2.17. The summed E-state index contributed by atoms with van der Waals surface area (Å²) in [5, 5.41) is 3.43. The fraction of sp³-hybridized carbons (Fsp3) is 0.238. The number of hydrogen-bond donors (Lipinski definition) is 2. The van der Waals surface area contributed by atoms with Gasteiger partial charge in [0.25, 0.3) is 0 Å². The topological polar surface area (TPSA) is 94.5 Å². The third-order valence-corrected chi connectivity index (χ3v) is 5.20. The molecule has 0 aliphatic heterocycles.